The highest BCUT2D eigenvalue weighted by Gasteiger charge is 2.25. The third-order valence-corrected chi connectivity index (χ3v) is 2.88. The van der Waals surface area contributed by atoms with Gasteiger partial charge in [0, 0.05) is 24.7 Å². The van der Waals surface area contributed by atoms with Gasteiger partial charge in [-0.15, -0.1) is 11.6 Å². The molecule has 1 aliphatic heterocycles. The molecule has 0 radical (unpaired) electrons. The van der Waals surface area contributed by atoms with Crippen molar-refractivity contribution in [2.75, 3.05) is 13.1 Å². The summed E-state index contributed by atoms with van der Waals surface area (Å²) in [5, 5.41) is -0.0673. The van der Waals surface area contributed by atoms with Gasteiger partial charge in [-0.05, 0) is 18.6 Å². The molecule has 0 N–H and O–H groups in total. The SMILES string of the molecule is O=C(c1cc(F)cc(F)c1)N1CCC(Cl)C1. The standard InChI is InChI=1S/C11H10ClF2NO/c12-8-1-2-15(6-8)11(16)7-3-9(13)5-10(14)4-7/h3-5,8H,1-2,6H2. The first kappa shape index (κ1) is 11.3. The predicted molar refractivity (Wildman–Crippen MR) is 56.5 cm³/mol. The van der Waals surface area contributed by atoms with Gasteiger partial charge in [-0.25, -0.2) is 8.78 Å². The zero-order valence-electron chi connectivity index (χ0n) is 8.42. The number of rotatable bonds is 1. The van der Waals surface area contributed by atoms with E-state index in [0.29, 0.717) is 19.5 Å². The summed E-state index contributed by atoms with van der Waals surface area (Å²) in [7, 11) is 0. The van der Waals surface area contributed by atoms with E-state index in [2.05, 4.69) is 0 Å². The van der Waals surface area contributed by atoms with Gasteiger partial charge in [0.15, 0.2) is 0 Å². The fraction of sp³-hybridized carbons (Fsp3) is 0.364. The number of alkyl halides is 1. The lowest BCUT2D eigenvalue weighted by atomic mass is 10.2. The first-order valence-corrected chi connectivity index (χ1v) is 5.39. The predicted octanol–water partition coefficient (Wildman–Crippen LogP) is 2.42. The smallest absolute Gasteiger partial charge is 0.254 e. The molecule has 1 aliphatic rings. The molecule has 86 valence electrons. The minimum Gasteiger partial charge on any atom is -0.337 e. The lowest BCUT2D eigenvalue weighted by Crippen LogP contribution is -2.29. The highest BCUT2D eigenvalue weighted by molar-refractivity contribution is 6.21. The molecule has 0 aromatic heterocycles. The van der Waals surface area contributed by atoms with Crippen LogP contribution in [-0.4, -0.2) is 29.3 Å². The zero-order valence-corrected chi connectivity index (χ0v) is 9.18. The summed E-state index contributed by atoms with van der Waals surface area (Å²) in [5.41, 5.74) is 0.0308. The van der Waals surface area contributed by atoms with E-state index >= 15 is 0 Å². The van der Waals surface area contributed by atoms with Crippen LogP contribution in [0.15, 0.2) is 18.2 Å². The number of nitrogens with zero attached hydrogens (tertiary/aromatic N) is 1. The topological polar surface area (TPSA) is 20.3 Å². The zero-order chi connectivity index (χ0) is 11.7. The van der Waals surface area contributed by atoms with Gasteiger partial charge in [-0.3, -0.25) is 4.79 Å². The summed E-state index contributed by atoms with van der Waals surface area (Å²) in [4.78, 5) is 13.3. The molecule has 1 saturated heterocycles. The first-order chi connectivity index (χ1) is 7.56. The normalized spacial score (nSPS) is 20.2. The maximum atomic E-state index is 12.9. The Hall–Kier alpha value is -1.16. The third-order valence-electron chi connectivity index (χ3n) is 2.53. The van der Waals surface area contributed by atoms with Crippen LogP contribution in [0.3, 0.4) is 0 Å². The average molecular weight is 246 g/mol. The van der Waals surface area contributed by atoms with Gasteiger partial charge in [0.2, 0.25) is 0 Å². The Morgan fingerprint density at radius 2 is 1.94 bits per heavy atom. The quantitative estimate of drug-likeness (QED) is 0.696. The van der Waals surface area contributed by atoms with Crippen molar-refractivity contribution in [2.45, 2.75) is 11.8 Å². The first-order valence-electron chi connectivity index (χ1n) is 4.95. The maximum absolute atomic E-state index is 12.9. The summed E-state index contributed by atoms with van der Waals surface area (Å²) in [6, 6.07) is 2.81. The molecular weight excluding hydrogens is 236 g/mol. The van der Waals surface area contributed by atoms with Crippen LogP contribution >= 0.6 is 11.6 Å². The molecule has 1 atom stereocenters. The summed E-state index contributed by atoms with van der Waals surface area (Å²) >= 11 is 5.86. The monoisotopic (exact) mass is 245 g/mol. The van der Waals surface area contributed by atoms with Gasteiger partial charge < -0.3 is 4.90 Å². The van der Waals surface area contributed by atoms with Crippen LogP contribution in [0.1, 0.15) is 16.8 Å². The second-order valence-electron chi connectivity index (χ2n) is 3.80. The summed E-state index contributed by atoms with van der Waals surface area (Å²) in [6.45, 7) is 0.962. The fourth-order valence-electron chi connectivity index (χ4n) is 1.76. The van der Waals surface area contributed by atoms with Crippen molar-refractivity contribution in [2.24, 2.45) is 0 Å². The Kier molecular flexibility index (Phi) is 3.10. The molecule has 1 heterocycles. The number of carbonyl (C=O) groups excluding carboxylic acids is 1. The van der Waals surface area contributed by atoms with Gasteiger partial charge in [-0.2, -0.15) is 0 Å². The Bertz CT molecular complexity index is 404. The van der Waals surface area contributed by atoms with Crippen LogP contribution in [0.4, 0.5) is 8.78 Å². The maximum Gasteiger partial charge on any atom is 0.254 e. The van der Waals surface area contributed by atoms with E-state index in [9.17, 15) is 13.6 Å². The van der Waals surface area contributed by atoms with Crippen LogP contribution < -0.4 is 0 Å². The summed E-state index contributed by atoms with van der Waals surface area (Å²) in [5.74, 6) is -1.86. The van der Waals surface area contributed by atoms with E-state index in [1.807, 2.05) is 0 Å². The second kappa shape index (κ2) is 4.37. The molecule has 1 aromatic carbocycles. The van der Waals surface area contributed by atoms with E-state index in [0.717, 1.165) is 18.2 Å². The van der Waals surface area contributed by atoms with E-state index < -0.39 is 11.6 Å². The van der Waals surface area contributed by atoms with Gasteiger partial charge >= 0.3 is 0 Å². The Labute approximate surface area is 96.8 Å². The number of halogens is 3. The van der Waals surface area contributed by atoms with Crippen molar-refractivity contribution in [3.63, 3.8) is 0 Å². The van der Waals surface area contributed by atoms with Gasteiger partial charge in [0.1, 0.15) is 11.6 Å². The molecule has 1 aromatic rings. The van der Waals surface area contributed by atoms with Gasteiger partial charge in [0.05, 0.1) is 5.38 Å². The molecule has 2 nitrogen and oxygen atoms in total. The van der Waals surface area contributed by atoms with Crippen molar-refractivity contribution >= 4 is 17.5 Å². The number of hydrogen-bond donors (Lipinski definition) is 0. The van der Waals surface area contributed by atoms with Crippen molar-refractivity contribution < 1.29 is 13.6 Å². The Balaban J connectivity index is 2.20. The van der Waals surface area contributed by atoms with Crippen LogP contribution in [0.5, 0.6) is 0 Å². The Morgan fingerprint density at radius 3 is 2.44 bits per heavy atom. The molecule has 0 saturated carbocycles. The largest absolute Gasteiger partial charge is 0.337 e. The molecule has 1 fully saturated rings. The molecule has 16 heavy (non-hydrogen) atoms. The number of benzene rings is 1. The van der Waals surface area contributed by atoms with Crippen LogP contribution in [0, 0.1) is 11.6 Å². The lowest BCUT2D eigenvalue weighted by Gasteiger charge is -2.15. The number of carbonyl (C=O) groups is 1. The van der Waals surface area contributed by atoms with Crippen molar-refractivity contribution in [1.29, 1.82) is 0 Å². The van der Waals surface area contributed by atoms with E-state index in [-0.39, 0.29) is 16.8 Å². The van der Waals surface area contributed by atoms with Gasteiger partial charge in [0.25, 0.3) is 5.91 Å². The molecule has 0 aliphatic carbocycles. The third kappa shape index (κ3) is 2.32. The lowest BCUT2D eigenvalue weighted by molar-refractivity contribution is 0.0792. The van der Waals surface area contributed by atoms with Crippen molar-refractivity contribution in [3.05, 3.63) is 35.4 Å². The molecule has 1 unspecified atom stereocenters. The fourth-order valence-corrected chi connectivity index (χ4v) is 2.03. The molecule has 0 spiro atoms. The van der Waals surface area contributed by atoms with E-state index in [1.54, 1.807) is 0 Å². The number of hydrogen-bond acceptors (Lipinski definition) is 1. The molecule has 0 bridgehead atoms. The highest BCUT2D eigenvalue weighted by Crippen LogP contribution is 2.18. The number of amides is 1. The second-order valence-corrected chi connectivity index (χ2v) is 4.41. The van der Waals surface area contributed by atoms with Crippen LogP contribution in [0.25, 0.3) is 0 Å². The van der Waals surface area contributed by atoms with Gasteiger partial charge in [-0.1, -0.05) is 0 Å². The molecule has 5 heteroatoms. The van der Waals surface area contributed by atoms with E-state index in [4.69, 9.17) is 11.6 Å². The minimum absolute atomic E-state index is 0.0308. The number of likely N-dealkylation sites (tertiary alicyclic amines) is 1. The Morgan fingerprint density at radius 1 is 1.31 bits per heavy atom. The van der Waals surface area contributed by atoms with Crippen LogP contribution in [0.2, 0.25) is 0 Å². The minimum atomic E-state index is -0.745. The summed E-state index contributed by atoms with van der Waals surface area (Å²) in [6.07, 6.45) is 0.713. The summed E-state index contributed by atoms with van der Waals surface area (Å²) < 4.78 is 25.8. The van der Waals surface area contributed by atoms with Crippen molar-refractivity contribution in [3.8, 4) is 0 Å². The van der Waals surface area contributed by atoms with Crippen LogP contribution in [-0.2, 0) is 0 Å². The molecular formula is C11H10ClF2NO. The molecule has 1 amide bonds. The molecule has 2 rings (SSSR count). The highest BCUT2D eigenvalue weighted by atomic mass is 35.5. The van der Waals surface area contributed by atoms with Crippen molar-refractivity contribution in [1.82, 2.24) is 4.90 Å². The average Bonchev–Trinajstić information content (AvgIpc) is 2.62. The van der Waals surface area contributed by atoms with E-state index in [1.165, 1.54) is 4.90 Å².